The third kappa shape index (κ3) is 3.44. The molecule has 2 nitrogen and oxygen atoms in total. The van der Waals surface area contributed by atoms with E-state index in [1.54, 1.807) is 4.88 Å². The van der Waals surface area contributed by atoms with Crippen LogP contribution in [0.5, 0.6) is 0 Å². The second-order valence-electron chi connectivity index (χ2n) is 7.16. The highest BCUT2D eigenvalue weighted by Gasteiger charge is 2.38. The van der Waals surface area contributed by atoms with E-state index < -0.39 is 0 Å². The Balaban J connectivity index is 2.22. The van der Waals surface area contributed by atoms with E-state index in [1.807, 2.05) is 11.3 Å². The third-order valence-corrected chi connectivity index (χ3v) is 5.46. The lowest BCUT2D eigenvalue weighted by molar-refractivity contribution is 0.0417. The lowest BCUT2D eigenvalue weighted by Gasteiger charge is -2.47. The van der Waals surface area contributed by atoms with E-state index in [9.17, 15) is 0 Å². The molecule has 20 heavy (non-hydrogen) atoms. The average molecular weight is 295 g/mol. The van der Waals surface area contributed by atoms with Gasteiger partial charge in [0, 0.05) is 30.1 Å². The van der Waals surface area contributed by atoms with Gasteiger partial charge >= 0.3 is 0 Å². The quantitative estimate of drug-likeness (QED) is 0.862. The summed E-state index contributed by atoms with van der Waals surface area (Å²) in [5.74, 6) is 1.39. The second kappa shape index (κ2) is 6.59. The SMILES string of the molecule is CC(C)CC(CN)(CC(C)C)N1CCc2sccc2C1. The molecule has 2 rings (SSSR count). The molecule has 2 N–H and O–H groups in total. The van der Waals surface area contributed by atoms with Crippen LogP contribution in [0, 0.1) is 11.8 Å². The standard InChI is InChI=1S/C17H30N2S/c1-13(2)9-17(12-18,10-14(3)4)19-7-5-16-15(11-19)6-8-20-16/h6,8,13-14H,5,7,9-12,18H2,1-4H3. The molecule has 0 atom stereocenters. The summed E-state index contributed by atoms with van der Waals surface area (Å²) in [5, 5.41) is 2.24. The van der Waals surface area contributed by atoms with E-state index in [1.165, 1.54) is 31.4 Å². The van der Waals surface area contributed by atoms with Crippen molar-refractivity contribution in [2.24, 2.45) is 17.6 Å². The summed E-state index contributed by atoms with van der Waals surface area (Å²) in [5.41, 5.74) is 8.01. The van der Waals surface area contributed by atoms with Gasteiger partial charge in [0.15, 0.2) is 0 Å². The van der Waals surface area contributed by atoms with Gasteiger partial charge in [0.05, 0.1) is 0 Å². The first-order chi connectivity index (χ1) is 9.47. The van der Waals surface area contributed by atoms with E-state index in [0.717, 1.165) is 13.1 Å². The predicted molar refractivity (Wildman–Crippen MR) is 89.1 cm³/mol. The molecule has 0 saturated heterocycles. The van der Waals surface area contributed by atoms with Gasteiger partial charge in [-0.1, -0.05) is 27.7 Å². The van der Waals surface area contributed by atoms with Crippen molar-refractivity contribution in [3.63, 3.8) is 0 Å². The van der Waals surface area contributed by atoms with Gasteiger partial charge in [-0.2, -0.15) is 0 Å². The molecule has 1 aromatic heterocycles. The van der Waals surface area contributed by atoms with Gasteiger partial charge in [0.25, 0.3) is 0 Å². The average Bonchev–Trinajstić information content (AvgIpc) is 2.83. The zero-order chi connectivity index (χ0) is 14.8. The zero-order valence-electron chi connectivity index (χ0n) is 13.5. The van der Waals surface area contributed by atoms with Crippen molar-refractivity contribution in [1.29, 1.82) is 0 Å². The first-order valence-corrected chi connectivity index (χ1v) is 8.85. The molecule has 2 heterocycles. The zero-order valence-corrected chi connectivity index (χ0v) is 14.3. The van der Waals surface area contributed by atoms with Crippen molar-refractivity contribution in [1.82, 2.24) is 4.90 Å². The Hall–Kier alpha value is -0.380. The Bertz CT molecular complexity index is 412. The minimum absolute atomic E-state index is 0.182. The van der Waals surface area contributed by atoms with Crippen molar-refractivity contribution in [3.05, 3.63) is 21.9 Å². The number of nitrogens with two attached hydrogens (primary N) is 1. The normalized spacial score (nSPS) is 16.9. The Kier molecular flexibility index (Phi) is 5.27. The van der Waals surface area contributed by atoms with E-state index in [-0.39, 0.29) is 5.54 Å². The molecule has 0 aromatic carbocycles. The van der Waals surface area contributed by atoms with Gasteiger partial charge in [-0.05, 0) is 48.1 Å². The molecule has 1 aliphatic heterocycles. The minimum Gasteiger partial charge on any atom is -0.329 e. The van der Waals surface area contributed by atoms with Gasteiger partial charge in [-0.3, -0.25) is 4.90 Å². The van der Waals surface area contributed by atoms with Crippen LogP contribution in [0.25, 0.3) is 0 Å². The summed E-state index contributed by atoms with van der Waals surface area (Å²) in [6.07, 6.45) is 3.62. The lowest BCUT2D eigenvalue weighted by atomic mass is 9.79. The number of thiophene rings is 1. The number of fused-ring (bicyclic) bond motifs is 1. The van der Waals surface area contributed by atoms with Crippen LogP contribution >= 0.6 is 11.3 Å². The lowest BCUT2D eigenvalue weighted by Crippen LogP contribution is -2.56. The van der Waals surface area contributed by atoms with Gasteiger partial charge in [0.1, 0.15) is 0 Å². The predicted octanol–water partition coefficient (Wildman–Crippen LogP) is 3.90. The monoisotopic (exact) mass is 294 g/mol. The maximum Gasteiger partial charge on any atom is 0.0340 e. The summed E-state index contributed by atoms with van der Waals surface area (Å²) in [6.45, 7) is 12.3. The molecule has 3 heteroatoms. The number of rotatable bonds is 6. The molecule has 0 aliphatic carbocycles. The van der Waals surface area contributed by atoms with Crippen LogP contribution in [0.1, 0.15) is 51.0 Å². The molecule has 0 radical (unpaired) electrons. The molecule has 0 saturated carbocycles. The first kappa shape index (κ1) is 16.0. The third-order valence-electron chi connectivity index (χ3n) is 4.43. The number of nitrogens with zero attached hydrogens (tertiary/aromatic N) is 1. The maximum absolute atomic E-state index is 6.29. The van der Waals surface area contributed by atoms with Crippen molar-refractivity contribution < 1.29 is 0 Å². The van der Waals surface area contributed by atoms with Crippen LogP contribution in [0.15, 0.2) is 11.4 Å². The highest BCUT2D eigenvalue weighted by molar-refractivity contribution is 7.10. The molecule has 0 unspecified atom stereocenters. The molecular weight excluding hydrogens is 264 g/mol. The maximum atomic E-state index is 6.29. The number of hydrogen-bond acceptors (Lipinski definition) is 3. The molecule has 114 valence electrons. The topological polar surface area (TPSA) is 29.3 Å². The van der Waals surface area contributed by atoms with Gasteiger partial charge < -0.3 is 5.73 Å². The summed E-state index contributed by atoms with van der Waals surface area (Å²) in [6, 6.07) is 2.30. The Morgan fingerprint density at radius 2 is 1.90 bits per heavy atom. The van der Waals surface area contributed by atoms with Crippen LogP contribution in [0.3, 0.4) is 0 Å². The van der Waals surface area contributed by atoms with Crippen LogP contribution in [0.2, 0.25) is 0 Å². The summed E-state index contributed by atoms with van der Waals surface area (Å²) in [7, 11) is 0. The Morgan fingerprint density at radius 1 is 1.25 bits per heavy atom. The fraction of sp³-hybridized carbons (Fsp3) is 0.765. The first-order valence-electron chi connectivity index (χ1n) is 7.97. The second-order valence-corrected chi connectivity index (χ2v) is 8.17. The highest BCUT2D eigenvalue weighted by atomic mass is 32.1. The molecule has 0 spiro atoms. The van der Waals surface area contributed by atoms with Gasteiger partial charge in [-0.15, -0.1) is 11.3 Å². The van der Waals surface area contributed by atoms with Crippen LogP contribution < -0.4 is 5.73 Å². The number of hydrogen-bond donors (Lipinski definition) is 1. The van der Waals surface area contributed by atoms with Crippen LogP contribution in [0.4, 0.5) is 0 Å². The van der Waals surface area contributed by atoms with Crippen molar-refractivity contribution in [3.8, 4) is 0 Å². The van der Waals surface area contributed by atoms with Crippen LogP contribution in [-0.2, 0) is 13.0 Å². The molecular formula is C17H30N2S. The van der Waals surface area contributed by atoms with Crippen molar-refractivity contribution in [2.75, 3.05) is 13.1 Å². The van der Waals surface area contributed by atoms with E-state index >= 15 is 0 Å². The van der Waals surface area contributed by atoms with E-state index in [0.29, 0.717) is 11.8 Å². The fourth-order valence-corrected chi connectivity index (χ4v) is 4.70. The van der Waals surface area contributed by atoms with E-state index in [4.69, 9.17) is 5.73 Å². The highest BCUT2D eigenvalue weighted by Crippen LogP contribution is 2.35. The van der Waals surface area contributed by atoms with Crippen molar-refractivity contribution in [2.45, 2.75) is 59.0 Å². The molecule has 0 bridgehead atoms. The summed E-state index contributed by atoms with van der Waals surface area (Å²) >= 11 is 1.92. The molecule has 0 amide bonds. The fourth-order valence-electron chi connectivity index (χ4n) is 3.81. The molecule has 1 aliphatic rings. The molecule has 1 aromatic rings. The van der Waals surface area contributed by atoms with E-state index in [2.05, 4.69) is 44.0 Å². The van der Waals surface area contributed by atoms with Crippen LogP contribution in [-0.4, -0.2) is 23.5 Å². The van der Waals surface area contributed by atoms with Crippen molar-refractivity contribution >= 4 is 11.3 Å². The Labute approximate surface area is 128 Å². The summed E-state index contributed by atoms with van der Waals surface area (Å²) < 4.78 is 0. The van der Waals surface area contributed by atoms with Gasteiger partial charge in [0.2, 0.25) is 0 Å². The smallest absolute Gasteiger partial charge is 0.0340 e. The summed E-state index contributed by atoms with van der Waals surface area (Å²) in [4.78, 5) is 4.27. The largest absolute Gasteiger partial charge is 0.329 e. The molecule has 0 fully saturated rings. The van der Waals surface area contributed by atoms with Gasteiger partial charge in [-0.25, -0.2) is 0 Å². The minimum atomic E-state index is 0.182. The Morgan fingerprint density at radius 3 is 2.45 bits per heavy atom.